The highest BCUT2D eigenvalue weighted by atomic mass is 19.4. The quantitative estimate of drug-likeness (QED) is 0.162. The molecule has 1 amide bonds. The van der Waals surface area contributed by atoms with E-state index in [1.807, 2.05) is 16.9 Å². The summed E-state index contributed by atoms with van der Waals surface area (Å²) in [4.78, 5) is 30.4. The monoisotopic (exact) mass is 661 g/mol. The molecule has 0 spiro atoms. The van der Waals surface area contributed by atoms with Crippen LogP contribution in [0.3, 0.4) is 0 Å². The molecule has 0 radical (unpaired) electrons. The van der Waals surface area contributed by atoms with Crippen LogP contribution in [0.4, 0.5) is 37.8 Å². The highest BCUT2D eigenvalue weighted by Crippen LogP contribution is 2.33. The number of hydrogen-bond donors (Lipinski definition) is 4. The van der Waals surface area contributed by atoms with E-state index in [-0.39, 0.29) is 17.3 Å². The summed E-state index contributed by atoms with van der Waals surface area (Å²) < 4.78 is 78.1. The maximum atomic E-state index is 12.8. The molecule has 1 aliphatic heterocycles. The van der Waals surface area contributed by atoms with E-state index >= 15 is 0 Å². The summed E-state index contributed by atoms with van der Waals surface area (Å²) in [5.41, 5.74) is 8.99. The number of aliphatic carboxylic acids is 1. The van der Waals surface area contributed by atoms with Crippen LogP contribution in [0.25, 0.3) is 33.7 Å². The molecule has 0 unspecified atom stereocenters. The Hall–Kier alpha value is -5.45. The molecule has 1 aliphatic rings. The molecule has 0 aliphatic carbocycles. The number of benzene rings is 2. The van der Waals surface area contributed by atoms with Crippen molar-refractivity contribution in [1.29, 1.82) is 0 Å². The Morgan fingerprint density at radius 2 is 1.66 bits per heavy atom. The summed E-state index contributed by atoms with van der Waals surface area (Å²) in [6.45, 7) is 1.93. The van der Waals surface area contributed by atoms with E-state index in [9.17, 15) is 31.1 Å². The number of nitrogen functional groups attached to an aromatic ring is 1. The van der Waals surface area contributed by atoms with Crippen molar-refractivity contribution in [3.63, 3.8) is 0 Å². The number of nitrogens with one attached hydrogen (secondary N) is 2. The van der Waals surface area contributed by atoms with Gasteiger partial charge in [-0.05, 0) is 68.4 Å². The van der Waals surface area contributed by atoms with Crippen LogP contribution in [0.2, 0.25) is 0 Å². The number of nitrogens with zero attached hydrogens (tertiary/aromatic N) is 4. The van der Waals surface area contributed by atoms with Crippen LogP contribution in [0.15, 0.2) is 71.5 Å². The minimum atomic E-state index is -5.08. The molecule has 3 aromatic heterocycles. The van der Waals surface area contributed by atoms with Crippen LogP contribution >= 0.6 is 0 Å². The van der Waals surface area contributed by atoms with E-state index in [1.54, 1.807) is 30.6 Å². The topological polar surface area (TPSA) is 161 Å². The maximum Gasteiger partial charge on any atom is 0.490 e. The van der Waals surface area contributed by atoms with Gasteiger partial charge in [0.25, 0.3) is 5.91 Å². The van der Waals surface area contributed by atoms with E-state index in [0.717, 1.165) is 61.3 Å². The van der Waals surface area contributed by atoms with Crippen LogP contribution in [-0.4, -0.2) is 56.0 Å². The average Bonchev–Trinajstić information content (AvgIpc) is 3.69. The van der Waals surface area contributed by atoms with E-state index in [1.165, 1.54) is 0 Å². The lowest BCUT2D eigenvalue weighted by Gasteiger charge is -2.22. The molecule has 6 rings (SSSR count). The average molecular weight is 662 g/mol. The number of aromatic nitrogens is 4. The maximum absolute atomic E-state index is 12.8. The number of rotatable bonds is 5. The number of carboxylic acids is 1. The molecule has 47 heavy (non-hydrogen) atoms. The number of oxazole rings is 1. The number of carbonyl (C=O) groups excluding carboxylic acids is 1. The van der Waals surface area contributed by atoms with Crippen molar-refractivity contribution in [2.45, 2.75) is 31.2 Å². The number of anilines is 2. The minimum absolute atomic E-state index is 0.0884. The molecule has 2 aromatic carbocycles. The van der Waals surface area contributed by atoms with E-state index in [2.05, 4.69) is 25.7 Å². The second-order valence-corrected chi connectivity index (χ2v) is 10.4. The normalized spacial score (nSPS) is 14.0. The smallest absolute Gasteiger partial charge is 0.475 e. The SMILES string of the molecule is Nc1ncc(-c2cnn(C3CCNCC3)c2)cc1-c1nc2ccc(NC(=O)c3ccc(C(F)(F)F)cc3)cc2o1.O=C(O)C(F)(F)F. The zero-order chi connectivity index (χ0) is 33.9. The van der Waals surface area contributed by atoms with Gasteiger partial charge in [0.2, 0.25) is 5.89 Å². The first-order chi connectivity index (χ1) is 22.2. The van der Waals surface area contributed by atoms with Gasteiger partial charge in [0.15, 0.2) is 5.58 Å². The van der Waals surface area contributed by atoms with Gasteiger partial charge >= 0.3 is 18.3 Å². The van der Waals surface area contributed by atoms with Crippen LogP contribution in [0.5, 0.6) is 0 Å². The zero-order valence-corrected chi connectivity index (χ0v) is 24.1. The third-order valence-electron chi connectivity index (χ3n) is 7.13. The first kappa shape index (κ1) is 32.9. The highest BCUT2D eigenvalue weighted by molar-refractivity contribution is 6.05. The number of nitrogens with two attached hydrogens (primary N) is 1. The number of carboxylic acid groups (broad SMARTS) is 1. The first-order valence-corrected chi connectivity index (χ1v) is 13.9. The Kier molecular flexibility index (Phi) is 9.19. The van der Waals surface area contributed by atoms with Crippen molar-refractivity contribution in [2.75, 3.05) is 24.1 Å². The fourth-order valence-corrected chi connectivity index (χ4v) is 4.69. The van der Waals surface area contributed by atoms with Gasteiger partial charge < -0.3 is 25.9 Å². The number of alkyl halides is 6. The van der Waals surface area contributed by atoms with Gasteiger partial charge in [-0.25, -0.2) is 14.8 Å². The fraction of sp³-hybridized carbons (Fsp3) is 0.233. The number of carbonyl (C=O) groups is 2. The van der Waals surface area contributed by atoms with Crippen molar-refractivity contribution in [3.8, 4) is 22.6 Å². The van der Waals surface area contributed by atoms with Crippen molar-refractivity contribution in [3.05, 3.63) is 78.2 Å². The number of fused-ring (bicyclic) bond motifs is 1. The molecule has 5 N–H and O–H groups in total. The molecule has 1 fully saturated rings. The third kappa shape index (κ3) is 7.86. The van der Waals surface area contributed by atoms with Crippen molar-refractivity contribution in [1.82, 2.24) is 25.1 Å². The van der Waals surface area contributed by atoms with Crippen LogP contribution in [0.1, 0.15) is 34.8 Å². The van der Waals surface area contributed by atoms with Gasteiger partial charge in [0.1, 0.15) is 11.3 Å². The fourth-order valence-electron chi connectivity index (χ4n) is 4.69. The summed E-state index contributed by atoms with van der Waals surface area (Å²) >= 11 is 0. The number of hydrogen-bond acceptors (Lipinski definition) is 8. The Balaban J connectivity index is 0.000000559. The predicted octanol–water partition coefficient (Wildman–Crippen LogP) is 6.16. The summed E-state index contributed by atoms with van der Waals surface area (Å²) in [5.74, 6) is -2.80. The Morgan fingerprint density at radius 1 is 0.979 bits per heavy atom. The largest absolute Gasteiger partial charge is 0.490 e. The molecule has 1 saturated heterocycles. The molecular weight excluding hydrogens is 636 g/mol. The molecule has 5 aromatic rings. The van der Waals surface area contributed by atoms with Crippen molar-refractivity contribution < 1.29 is 45.5 Å². The minimum Gasteiger partial charge on any atom is -0.475 e. The Bertz CT molecular complexity index is 1900. The molecule has 0 bridgehead atoms. The lowest BCUT2D eigenvalue weighted by molar-refractivity contribution is -0.192. The molecule has 0 saturated carbocycles. The van der Waals surface area contributed by atoms with Gasteiger partial charge in [0.05, 0.1) is 23.4 Å². The van der Waals surface area contributed by atoms with Gasteiger partial charge in [-0.2, -0.15) is 31.4 Å². The van der Waals surface area contributed by atoms with Crippen LogP contribution < -0.4 is 16.4 Å². The third-order valence-corrected chi connectivity index (χ3v) is 7.13. The first-order valence-electron chi connectivity index (χ1n) is 13.9. The standard InChI is InChI=1S/C28H24F3N7O2.C2HF3O2/c29-28(30,31)19-3-1-16(2-4-19)26(39)36-20-5-6-23-24(12-20)40-27(37-23)22-11-17(13-34-25(22)32)18-14-35-38(15-18)21-7-9-33-10-8-21;3-2(4,5)1(6)7/h1-6,11-15,21,33H,7-10H2,(H2,32,34)(H,36,39);(H,6,7). The van der Waals surface area contributed by atoms with E-state index in [4.69, 9.17) is 20.1 Å². The second-order valence-electron chi connectivity index (χ2n) is 10.4. The summed E-state index contributed by atoms with van der Waals surface area (Å²) in [6.07, 6.45) is -2.04. The second kappa shape index (κ2) is 13.1. The molecule has 0 atom stereocenters. The highest BCUT2D eigenvalue weighted by Gasteiger charge is 2.38. The van der Waals surface area contributed by atoms with Crippen molar-refractivity contribution in [2.24, 2.45) is 0 Å². The van der Waals surface area contributed by atoms with Crippen molar-refractivity contribution >= 4 is 34.5 Å². The van der Waals surface area contributed by atoms with Gasteiger partial charge in [-0.15, -0.1) is 0 Å². The lowest BCUT2D eigenvalue weighted by Crippen LogP contribution is -2.29. The van der Waals surface area contributed by atoms with Crippen LogP contribution in [0, 0.1) is 0 Å². The Labute approximate surface area is 261 Å². The van der Waals surface area contributed by atoms with E-state index in [0.29, 0.717) is 28.4 Å². The van der Waals surface area contributed by atoms with E-state index < -0.39 is 29.8 Å². The van der Waals surface area contributed by atoms with Gasteiger partial charge in [-0.3, -0.25) is 9.48 Å². The molecule has 11 nitrogen and oxygen atoms in total. The van der Waals surface area contributed by atoms with Gasteiger partial charge in [0, 0.05) is 40.8 Å². The number of piperidine rings is 1. The van der Waals surface area contributed by atoms with Crippen LogP contribution in [-0.2, 0) is 11.0 Å². The molecule has 246 valence electrons. The summed E-state index contributed by atoms with van der Waals surface area (Å²) in [7, 11) is 0. The molecular formula is C30H25F6N7O4. The number of pyridine rings is 1. The van der Waals surface area contributed by atoms with Gasteiger partial charge in [-0.1, -0.05) is 0 Å². The molecule has 4 heterocycles. The number of amides is 1. The zero-order valence-electron chi connectivity index (χ0n) is 24.1. The molecule has 17 heteroatoms. The summed E-state index contributed by atoms with van der Waals surface area (Å²) in [6, 6.07) is 11.1. The predicted molar refractivity (Wildman–Crippen MR) is 157 cm³/mol. The summed E-state index contributed by atoms with van der Waals surface area (Å²) in [5, 5.41) is 17.7. The number of halogens is 6. The Morgan fingerprint density at radius 3 is 2.30 bits per heavy atom. The lowest BCUT2D eigenvalue weighted by atomic mass is 10.1.